The van der Waals surface area contributed by atoms with Gasteiger partial charge in [0.15, 0.2) is 0 Å². The van der Waals surface area contributed by atoms with Crippen molar-refractivity contribution in [2.24, 2.45) is 16.2 Å². The number of carbonyl (C=O) groups is 2. The van der Waals surface area contributed by atoms with Crippen LogP contribution in [0.15, 0.2) is 36.4 Å². The van der Waals surface area contributed by atoms with Crippen molar-refractivity contribution in [1.82, 2.24) is 18.9 Å². The molecule has 9 nitrogen and oxygen atoms in total. The minimum Gasteiger partial charge on any atom is -0.497 e. The third-order valence-corrected chi connectivity index (χ3v) is 14.1. The van der Waals surface area contributed by atoms with Gasteiger partial charge >= 0.3 is 10.2 Å². The number of carbonyl (C=O) groups excluding carboxylic acids is 2. The Hall–Kier alpha value is -3.37. The van der Waals surface area contributed by atoms with Gasteiger partial charge in [0.05, 0.1) is 18.2 Å². The molecule has 0 spiro atoms. The van der Waals surface area contributed by atoms with E-state index in [0.29, 0.717) is 12.5 Å². The Labute approximate surface area is 298 Å². The number of rotatable bonds is 10. The lowest BCUT2D eigenvalue weighted by molar-refractivity contribution is -0.128. The molecule has 4 atom stereocenters. The first-order valence-corrected chi connectivity index (χ1v) is 19.8. The van der Waals surface area contributed by atoms with Crippen LogP contribution >= 0.6 is 0 Å². The second kappa shape index (κ2) is 13.0. The molecule has 1 aromatic heterocycles. The van der Waals surface area contributed by atoms with Crippen molar-refractivity contribution in [3.8, 4) is 17.0 Å². The highest BCUT2D eigenvalue weighted by molar-refractivity contribution is 7.87. The van der Waals surface area contributed by atoms with Gasteiger partial charge in [-0.2, -0.15) is 12.7 Å². The summed E-state index contributed by atoms with van der Waals surface area (Å²) in [6.45, 7) is 14.0. The van der Waals surface area contributed by atoms with Gasteiger partial charge in [-0.25, -0.2) is 4.72 Å². The second-order valence-electron chi connectivity index (χ2n) is 16.7. The lowest BCUT2D eigenvalue weighted by Gasteiger charge is -2.43. The van der Waals surface area contributed by atoms with Gasteiger partial charge in [0.2, 0.25) is 5.91 Å². The summed E-state index contributed by atoms with van der Waals surface area (Å²) in [5, 5.41) is 4.54. The summed E-state index contributed by atoms with van der Waals surface area (Å²) in [7, 11) is 0.477. The van der Waals surface area contributed by atoms with E-state index in [0.717, 1.165) is 82.7 Å². The smallest absolute Gasteiger partial charge is 0.303 e. The molecule has 3 aromatic rings. The first kappa shape index (κ1) is 36.4. The zero-order valence-electron chi connectivity index (χ0n) is 31.4. The van der Waals surface area contributed by atoms with Crippen molar-refractivity contribution in [3.05, 3.63) is 53.1 Å². The van der Waals surface area contributed by atoms with Crippen LogP contribution in [-0.4, -0.2) is 56.4 Å². The van der Waals surface area contributed by atoms with E-state index in [-0.39, 0.29) is 34.3 Å². The van der Waals surface area contributed by atoms with Crippen molar-refractivity contribution in [2.45, 2.75) is 117 Å². The molecule has 2 amide bonds. The average Bonchev–Trinajstić information content (AvgIpc) is 3.74. The molecule has 3 aliphatic rings. The zero-order valence-corrected chi connectivity index (χ0v) is 32.2. The van der Waals surface area contributed by atoms with Gasteiger partial charge in [-0.15, -0.1) is 0 Å². The van der Waals surface area contributed by atoms with Gasteiger partial charge in [-0.3, -0.25) is 9.59 Å². The van der Waals surface area contributed by atoms with Crippen molar-refractivity contribution < 1.29 is 22.7 Å². The van der Waals surface area contributed by atoms with Crippen LogP contribution in [0.25, 0.3) is 22.2 Å². The van der Waals surface area contributed by atoms with Gasteiger partial charge in [0.1, 0.15) is 5.75 Å². The fourth-order valence-corrected chi connectivity index (χ4v) is 9.32. The van der Waals surface area contributed by atoms with Gasteiger partial charge in [-0.1, -0.05) is 66.4 Å². The van der Waals surface area contributed by atoms with Crippen molar-refractivity contribution in [1.29, 1.82) is 0 Å². The summed E-state index contributed by atoms with van der Waals surface area (Å²) < 4.78 is 36.4. The number of amides is 2. The molecule has 6 rings (SSSR count). The summed E-state index contributed by atoms with van der Waals surface area (Å²) in [5.41, 5.74) is 5.22. The summed E-state index contributed by atoms with van der Waals surface area (Å²) in [5.74, 6) is 0.515. The molecule has 2 aliphatic carbocycles. The van der Waals surface area contributed by atoms with E-state index in [9.17, 15) is 18.0 Å². The highest BCUT2D eigenvalue weighted by atomic mass is 32.2. The van der Waals surface area contributed by atoms with Gasteiger partial charge in [0, 0.05) is 54.6 Å². The van der Waals surface area contributed by atoms with Crippen molar-refractivity contribution in [3.63, 3.8) is 0 Å². The monoisotopic (exact) mass is 704 g/mol. The second-order valence-corrected chi connectivity index (χ2v) is 18.6. The largest absolute Gasteiger partial charge is 0.497 e. The van der Waals surface area contributed by atoms with Crippen molar-refractivity contribution in [2.75, 3.05) is 21.2 Å². The van der Waals surface area contributed by atoms with Gasteiger partial charge in [0.25, 0.3) is 5.91 Å². The van der Waals surface area contributed by atoms with Crippen LogP contribution in [0.4, 0.5) is 0 Å². The number of benzene rings is 2. The molecule has 0 saturated heterocycles. The molecular weight excluding hydrogens is 649 g/mol. The number of hydrogen-bond acceptors (Lipinski definition) is 5. The minimum atomic E-state index is -3.98. The first-order valence-electron chi connectivity index (χ1n) is 18.4. The van der Waals surface area contributed by atoms with Crippen LogP contribution in [0.5, 0.6) is 5.75 Å². The van der Waals surface area contributed by atoms with Crippen LogP contribution in [0, 0.1) is 16.2 Å². The van der Waals surface area contributed by atoms with E-state index in [4.69, 9.17) is 4.74 Å². The number of hydrogen-bond donors (Lipinski definition) is 2. The molecule has 2 aromatic carbocycles. The molecule has 3 unspecified atom stereocenters. The highest BCUT2D eigenvalue weighted by Gasteiger charge is 2.63. The maximum Gasteiger partial charge on any atom is 0.303 e. The van der Waals surface area contributed by atoms with Gasteiger partial charge < -0.3 is 14.6 Å². The molecule has 2 N–H and O–H groups in total. The summed E-state index contributed by atoms with van der Waals surface area (Å²) in [6.07, 6.45) is 8.32. The average molecular weight is 705 g/mol. The molecule has 1 aliphatic heterocycles. The molecule has 2 fully saturated rings. The van der Waals surface area contributed by atoms with E-state index < -0.39 is 21.5 Å². The Morgan fingerprint density at radius 3 is 2.38 bits per heavy atom. The molecular formula is C40H56N4O5S. The van der Waals surface area contributed by atoms with Crippen LogP contribution in [0.3, 0.4) is 0 Å². The van der Waals surface area contributed by atoms with Crippen LogP contribution in [-0.2, 0) is 21.5 Å². The molecule has 50 heavy (non-hydrogen) atoms. The number of aromatic nitrogens is 1. The third kappa shape index (κ3) is 6.25. The van der Waals surface area contributed by atoms with Crippen LogP contribution in [0.1, 0.15) is 126 Å². The number of ether oxygens (including phenoxy) is 1. The predicted octanol–water partition coefficient (Wildman–Crippen LogP) is 7.75. The predicted molar refractivity (Wildman–Crippen MR) is 200 cm³/mol. The summed E-state index contributed by atoms with van der Waals surface area (Å²) >= 11 is 0. The number of fused-ring (bicyclic) bond motifs is 7. The Balaban J connectivity index is 1.50. The molecule has 2 saturated carbocycles. The maximum atomic E-state index is 14.7. The summed E-state index contributed by atoms with van der Waals surface area (Å²) in [6, 6.07) is 11.8. The number of nitrogens with one attached hydrogen (secondary N) is 2. The molecule has 0 radical (unpaired) electrons. The SMILES string of the molecule is CCC(C)(C[C@@H](C)NC(=O)C12CC1c1cc(OC)ccc1-c1c(C3CCCCC3)c3ccc(C(=O)NS(=O)(=O)N(C)C)cc3n1C2)C(C)(C)C. The standard InChI is InChI=1S/C40H56N4O5S/c1-10-39(6,38(3,4)5)22-25(2)41-37(46)40-23-32(40)31-21-28(49-9)17-19-29(31)35-34(26-14-12-11-13-15-26)30-18-16-27(20-33(30)44(35)24-40)36(45)42-50(47,48)43(7)8/h16-21,25-26,32H,10-15,22-24H2,1-9H3,(H,41,46)(H,42,45)/t25-,32?,39?,40?/m1/s1. The highest BCUT2D eigenvalue weighted by Crippen LogP contribution is 2.65. The van der Waals surface area contributed by atoms with Crippen LogP contribution < -0.4 is 14.8 Å². The summed E-state index contributed by atoms with van der Waals surface area (Å²) in [4.78, 5) is 28.1. The van der Waals surface area contributed by atoms with Crippen LogP contribution in [0.2, 0.25) is 0 Å². The normalized spacial score (nSPS) is 22.5. The van der Waals surface area contributed by atoms with E-state index in [1.54, 1.807) is 13.2 Å². The maximum absolute atomic E-state index is 14.7. The lowest BCUT2D eigenvalue weighted by atomic mass is 9.63. The molecule has 10 heteroatoms. The first-order chi connectivity index (χ1) is 23.5. The molecule has 0 bridgehead atoms. The Morgan fingerprint density at radius 1 is 1.06 bits per heavy atom. The lowest BCUT2D eigenvalue weighted by Crippen LogP contribution is -2.45. The van der Waals surface area contributed by atoms with Crippen molar-refractivity contribution >= 4 is 32.9 Å². The fraction of sp³-hybridized carbons (Fsp3) is 0.600. The van der Waals surface area contributed by atoms with E-state index in [2.05, 4.69) is 68.3 Å². The Kier molecular flexibility index (Phi) is 9.47. The number of nitrogens with zero attached hydrogens (tertiary/aromatic N) is 2. The molecule has 272 valence electrons. The Morgan fingerprint density at radius 2 is 1.76 bits per heavy atom. The minimum absolute atomic E-state index is 0.0112. The van der Waals surface area contributed by atoms with E-state index in [1.165, 1.54) is 26.1 Å². The van der Waals surface area contributed by atoms with E-state index >= 15 is 0 Å². The number of methoxy groups -OCH3 is 1. The molecule has 2 heterocycles. The quantitative estimate of drug-likeness (QED) is 0.224. The Bertz CT molecular complexity index is 1920. The van der Waals surface area contributed by atoms with Gasteiger partial charge in [-0.05, 0) is 90.8 Å². The van der Waals surface area contributed by atoms with E-state index in [1.807, 2.05) is 18.2 Å². The fourth-order valence-electron chi connectivity index (χ4n) is 8.78. The topological polar surface area (TPSA) is 110 Å². The zero-order chi connectivity index (χ0) is 36.4. The third-order valence-electron chi connectivity index (χ3n) is 12.7.